The Balaban J connectivity index is 1.94. The number of carbonyl (C=O) groups excluding carboxylic acids is 2. The van der Waals surface area contributed by atoms with Gasteiger partial charge in [-0.15, -0.1) is 0 Å². The maximum absolute atomic E-state index is 14.1. The second kappa shape index (κ2) is 21.4. The standard InChI is InChI=1S/C29H48FNO8/c1-29(2,3)39-28(33)31-23-24-22-25(13-14-26(24)30)38-17-11-6-5-9-15-35-18-20-37-21-19-36-16-10-7-8-12-27(32)34-4/h13-14,22H,5-12,15-21,23H2,1-4H3,(H,31,33). The van der Waals surface area contributed by atoms with Gasteiger partial charge in [0.25, 0.3) is 0 Å². The van der Waals surface area contributed by atoms with Crippen molar-refractivity contribution in [2.75, 3.05) is 53.4 Å². The van der Waals surface area contributed by atoms with Crippen molar-refractivity contribution >= 4 is 12.1 Å². The number of unbranched alkanes of at least 4 members (excludes halogenated alkanes) is 5. The van der Waals surface area contributed by atoms with E-state index in [1.807, 2.05) is 0 Å². The van der Waals surface area contributed by atoms with Crippen LogP contribution in [0.3, 0.4) is 0 Å². The van der Waals surface area contributed by atoms with Crippen molar-refractivity contribution in [1.82, 2.24) is 5.32 Å². The molecule has 224 valence electrons. The maximum Gasteiger partial charge on any atom is 0.407 e. The highest BCUT2D eigenvalue weighted by molar-refractivity contribution is 5.69. The fourth-order valence-corrected chi connectivity index (χ4v) is 3.40. The highest BCUT2D eigenvalue weighted by atomic mass is 19.1. The van der Waals surface area contributed by atoms with Crippen molar-refractivity contribution in [3.05, 3.63) is 29.6 Å². The van der Waals surface area contributed by atoms with E-state index in [1.54, 1.807) is 32.9 Å². The van der Waals surface area contributed by atoms with Crippen LogP contribution < -0.4 is 10.1 Å². The molecule has 0 saturated carbocycles. The third-order valence-corrected chi connectivity index (χ3v) is 5.43. The van der Waals surface area contributed by atoms with E-state index in [0.29, 0.717) is 64.0 Å². The number of hydrogen-bond acceptors (Lipinski definition) is 8. The highest BCUT2D eigenvalue weighted by Crippen LogP contribution is 2.18. The Morgan fingerprint density at radius 2 is 1.36 bits per heavy atom. The number of carbonyl (C=O) groups is 2. The van der Waals surface area contributed by atoms with E-state index in [2.05, 4.69) is 10.1 Å². The summed E-state index contributed by atoms with van der Waals surface area (Å²) in [6.07, 6.45) is 6.47. The maximum atomic E-state index is 14.1. The topological polar surface area (TPSA) is 102 Å². The third-order valence-electron chi connectivity index (χ3n) is 5.43. The van der Waals surface area contributed by atoms with Gasteiger partial charge >= 0.3 is 12.1 Å². The normalized spacial score (nSPS) is 11.3. The lowest BCUT2D eigenvalue weighted by Gasteiger charge is -2.19. The van der Waals surface area contributed by atoms with Gasteiger partial charge < -0.3 is 33.7 Å². The summed E-state index contributed by atoms with van der Waals surface area (Å²) in [7, 11) is 1.40. The van der Waals surface area contributed by atoms with Crippen LogP contribution in [0.15, 0.2) is 18.2 Å². The molecule has 10 heteroatoms. The lowest BCUT2D eigenvalue weighted by atomic mass is 10.2. The van der Waals surface area contributed by atoms with Crippen molar-refractivity contribution in [3.63, 3.8) is 0 Å². The average Bonchev–Trinajstić information content (AvgIpc) is 2.88. The summed E-state index contributed by atoms with van der Waals surface area (Å²) in [6.45, 7) is 9.44. The first-order valence-electron chi connectivity index (χ1n) is 13.9. The largest absolute Gasteiger partial charge is 0.494 e. The van der Waals surface area contributed by atoms with Crippen LogP contribution in [-0.2, 0) is 35.0 Å². The Morgan fingerprint density at radius 3 is 1.95 bits per heavy atom. The van der Waals surface area contributed by atoms with Crippen LogP contribution in [0.2, 0.25) is 0 Å². The second-order valence-electron chi connectivity index (χ2n) is 10.1. The molecule has 1 aromatic carbocycles. The molecule has 0 aromatic heterocycles. The lowest BCUT2D eigenvalue weighted by Crippen LogP contribution is -2.32. The summed E-state index contributed by atoms with van der Waals surface area (Å²) in [5.74, 6) is 0.00212. The van der Waals surface area contributed by atoms with E-state index in [4.69, 9.17) is 23.7 Å². The summed E-state index contributed by atoms with van der Waals surface area (Å²) in [5, 5.41) is 2.56. The van der Waals surface area contributed by atoms with Crippen molar-refractivity contribution in [3.8, 4) is 5.75 Å². The van der Waals surface area contributed by atoms with E-state index < -0.39 is 17.5 Å². The van der Waals surface area contributed by atoms with E-state index >= 15 is 0 Å². The fourth-order valence-electron chi connectivity index (χ4n) is 3.40. The van der Waals surface area contributed by atoms with Gasteiger partial charge in [0.05, 0.1) is 40.1 Å². The molecule has 0 fully saturated rings. The molecule has 1 amide bonds. The van der Waals surface area contributed by atoms with Gasteiger partial charge in [-0.3, -0.25) is 4.79 Å². The SMILES string of the molecule is COC(=O)CCCCCOCCOCCOCCCCCCOc1ccc(F)c(CNC(=O)OC(C)(C)C)c1. The predicted octanol–water partition coefficient (Wildman–Crippen LogP) is 5.57. The van der Waals surface area contributed by atoms with Gasteiger partial charge in [-0.25, -0.2) is 9.18 Å². The summed E-state index contributed by atoms with van der Waals surface area (Å²) >= 11 is 0. The summed E-state index contributed by atoms with van der Waals surface area (Å²) < 4.78 is 46.2. The van der Waals surface area contributed by atoms with Crippen LogP contribution in [0.4, 0.5) is 9.18 Å². The van der Waals surface area contributed by atoms with Crippen LogP contribution in [0, 0.1) is 5.82 Å². The Morgan fingerprint density at radius 1 is 0.795 bits per heavy atom. The Labute approximate surface area is 233 Å². The number of benzene rings is 1. The number of methoxy groups -OCH3 is 1. The first kappa shape index (κ1) is 34.6. The van der Waals surface area contributed by atoms with Gasteiger partial charge in [-0.1, -0.05) is 12.8 Å². The van der Waals surface area contributed by atoms with Gasteiger partial charge in [0, 0.05) is 31.7 Å². The van der Waals surface area contributed by atoms with Crippen molar-refractivity contribution in [1.29, 1.82) is 0 Å². The number of amides is 1. The van der Waals surface area contributed by atoms with Crippen LogP contribution in [0.1, 0.15) is 77.7 Å². The second-order valence-corrected chi connectivity index (χ2v) is 10.1. The molecule has 0 spiro atoms. The smallest absolute Gasteiger partial charge is 0.407 e. The van der Waals surface area contributed by atoms with Crippen LogP contribution >= 0.6 is 0 Å². The minimum Gasteiger partial charge on any atom is -0.494 e. The molecule has 0 atom stereocenters. The molecule has 0 unspecified atom stereocenters. The number of rotatable bonds is 22. The van der Waals surface area contributed by atoms with Crippen molar-refractivity contribution in [2.24, 2.45) is 0 Å². The summed E-state index contributed by atoms with van der Waals surface area (Å²) in [5.41, 5.74) is -0.267. The number of ether oxygens (including phenoxy) is 6. The molecule has 0 aliphatic carbocycles. The number of esters is 1. The number of hydrogen-bond donors (Lipinski definition) is 1. The molecule has 1 rings (SSSR count). The van der Waals surface area contributed by atoms with E-state index in [-0.39, 0.29) is 12.5 Å². The van der Waals surface area contributed by atoms with Gasteiger partial charge in [0.15, 0.2) is 0 Å². The van der Waals surface area contributed by atoms with Gasteiger partial charge in [-0.2, -0.15) is 0 Å². The minimum atomic E-state index is -0.610. The number of nitrogens with one attached hydrogen (secondary N) is 1. The molecule has 1 N–H and O–H groups in total. The first-order valence-corrected chi connectivity index (χ1v) is 13.9. The lowest BCUT2D eigenvalue weighted by molar-refractivity contribution is -0.140. The molecule has 0 aliphatic rings. The first-order chi connectivity index (χ1) is 18.7. The Hall–Kier alpha value is -2.43. The monoisotopic (exact) mass is 557 g/mol. The Bertz CT molecular complexity index is 800. The number of halogens is 1. The molecule has 0 radical (unpaired) electrons. The van der Waals surface area contributed by atoms with Crippen molar-refractivity contribution < 1.29 is 42.4 Å². The molecular weight excluding hydrogens is 509 g/mol. The van der Waals surface area contributed by atoms with Crippen LogP contribution in [-0.4, -0.2) is 71.0 Å². The van der Waals surface area contributed by atoms with E-state index in [1.165, 1.54) is 13.2 Å². The zero-order valence-electron chi connectivity index (χ0n) is 24.2. The molecule has 0 saturated heterocycles. The summed E-state index contributed by atoms with van der Waals surface area (Å²) in [6, 6.07) is 4.53. The third kappa shape index (κ3) is 20.2. The van der Waals surface area contributed by atoms with Crippen LogP contribution in [0.25, 0.3) is 0 Å². The van der Waals surface area contributed by atoms with E-state index in [0.717, 1.165) is 44.9 Å². The Kier molecular flexibility index (Phi) is 19.0. The van der Waals surface area contributed by atoms with Crippen LogP contribution in [0.5, 0.6) is 5.75 Å². The zero-order chi connectivity index (χ0) is 28.8. The fraction of sp³-hybridized carbons (Fsp3) is 0.724. The quantitative estimate of drug-likeness (QED) is 0.146. The minimum absolute atomic E-state index is 0.0254. The molecule has 0 bridgehead atoms. The highest BCUT2D eigenvalue weighted by Gasteiger charge is 2.16. The summed E-state index contributed by atoms with van der Waals surface area (Å²) in [4.78, 5) is 22.8. The molecular formula is C29H48FNO8. The van der Waals surface area contributed by atoms with E-state index in [9.17, 15) is 14.0 Å². The van der Waals surface area contributed by atoms with Gasteiger partial charge in [-0.05, 0) is 71.1 Å². The average molecular weight is 558 g/mol. The van der Waals surface area contributed by atoms with Gasteiger partial charge in [0.2, 0.25) is 0 Å². The molecule has 0 heterocycles. The van der Waals surface area contributed by atoms with Crippen molar-refractivity contribution in [2.45, 2.75) is 84.3 Å². The number of alkyl carbamates (subject to hydrolysis) is 1. The van der Waals surface area contributed by atoms with Gasteiger partial charge in [0.1, 0.15) is 17.2 Å². The predicted molar refractivity (Wildman–Crippen MR) is 146 cm³/mol. The zero-order valence-corrected chi connectivity index (χ0v) is 24.2. The molecule has 1 aromatic rings. The molecule has 39 heavy (non-hydrogen) atoms. The molecule has 9 nitrogen and oxygen atoms in total. The molecule has 0 aliphatic heterocycles.